The normalized spacial score (nSPS) is 10.6. The minimum atomic E-state index is -0.0466. The molecule has 0 aliphatic carbocycles. The van der Waals surface area contributed by atoms with Crippen molar-refractivity contribution in [2.45, 2.75) is 6.54 Å². The molecule has 2 aromatic rings. The highest BCUT2D eigenvalue weighted by Gasteiger charge is 2.05. The summed E-state index contributed by atoms with van der Waals surface area (Å²) in [6.07, 6.45) is 6.79. The van der Waals surface area contributed by atoms with E-state index in [4.69, 9.17) is 4.74 Å². The first kappa shape index (κ1) is 14.8. The fourth-order valence-corrected chi connectivity index (χ4v) is 1.88. The van der Waals surface area contributed by atoms with Gasteiger partial charge in [-0.2, -0.15) is 0 Å². The number of pyridine rings is 1. The third kappa shape index (κ3) is 4.45. The summed E-state index contributed by atoms with van der Waals surface area (Å²) < 4.78 is 5.15. The highest BCUT2D eigenvalue weighted by molar-refractivity contribution is 5.91. The van der Waals surface area contributed by atoms with Crippen molar-refractivity contribution in [1.82, 2.24) is 9.88 Å². The van der Waals surface area contributed by atoms with Gasteiger partial charge >= 0.3 is 0 Å². The second-order valence-corrected chi connectivity index (χ2v) is 4.66. The summed E-state index contributed by atoms with van der Waals surface area (Å²) in [5, 5.41) is 0. The molecule has 1 amide bonds. The Balaban J connectivity index is 1.98. The molecule has 0 unspecified atom stereocenters. The summed E-state index contributed by atoms with van der Waals surface area (Å²) in [5.41, 5.74) is 1.98. The second-order valence-electron chi connectivity index (χ2n) is 4.66. The SMILES string of the molecule is COc1cccc(/C=C/C(=O)N(C)Cc2ccncc2)c1. The van der Waals surface area contributed by atoms with Crippen LogP contribution in [0.5, 0.6) is 5.75 Å². The van der Waals surface area contributed by atoms with Gasteiger partial charge in [-0.15, -0.1) is 0 Å². The molecule has 21 heavy (non-hydrogen) atoms. The van der Waals surface area contributed by atoms with E-state index in [1.165, 1.54) is 0 Å². The Kier molecular flexibility index (Phi) is 5.10. The van der Waals surface area contributed by atoms with E-state index in [2.05, 4.69) is 4.98 Å². The smallest absolute Gasteiger partial charge is 0.246 e. The van der Waals surface area contributed by atoms with Gasteiger partial charge in [0.15, 0.2) is 0 Å². The Morgan fingerprint density at radius 1 is 1.29 bits per heavy atom. The molecule has 0 atom stereocenters. The van der Waals surface area contributed by atoms with Crippen LogP contribution in [-0.4, -0.2) is 29.9 Å². The first-order valence-electron chi connectivity index (χ1n) is 6.65. The summed E-state index contributed by atoms with van der Waals surface area (Å²) in [6.45, 7) is 0.559. The van der Waals surface area contributed by atoms with E-state index in [9.17, 15) is 4.79 Å². The van der Waals surface area contributed by atoms with Gasteiger partial charge in [0.05, 0.1) is 7.11 Å². The third-order valence-electron chi connectivity index (χ3n) is 3.06. The van der Waals surface area contributed by atoms with E-state index >= 15 is 0 Å². The van der Waals surface area contributed by atoms with E-state index in [0.29, 0.717) is 6.54 Å². The molecule has 2 rings (SSSR count). The summed E-state index contributed by atoms with van der Waals surface area (Å²) >= 11 is 0. The molecule has 0 aliphatic rings. The van der Waals surface area contributed by atoms with Crippen LogP contribution in [0.1, 0.15) is 11.1 Å². The topological polar surface area (TPSA) is 42.4 Å². The van der Waals surface area contributed by atoms with Crippen LogP contribution in [0.3, 0.4) is 0 Å². The van der Waals surface area contributed by atoms with Gasteiger partial charge in [-0.1, -0.05) is 12.1 Å². The Morgan fingerprint density at radius 2 is 2.05 bits per heavy atom. The van der Waals surface area contributed by atoms with Crippen LogP contribution in [0, 0.1) is 0 Å². The van der Waals surface area contributed by atoms with Gasteiger partial charge < -0.3 is 9.64 Å². The van der Waals surface area contributed by atoms with Crippen LogP contribution in [0.25, 0.3) is 6.08 Å². The minimum absolute atomic E-state index is 0.0466. The van der Waals surface area contributed by atoms with Gasteiger partial charge in [-0.3, -0.25) is 9.78 Å². The molecule has 0 N–H and O–H groups in total. The molecule has 4 nitrogen and oxygen atoms in total. The number of nitrogens with zero attached hydrogens (tertiary/aromatic N) is 2. The van der Waals surface area contributed by atoms with Gasteiger partial charge in [-0.05, 0) is 41.5 Å². The molecule has 0 fully saturated rings. The molecular weight excluding hydrogens is 264 g/mol. The fraction of sp³-hybridized carbons (Fsp3) is 0.176. The number of rotatable bonds is 5. The predicted molar refractivity (Wildman–Crippen MR) is 82.7 cm³/mol. The number of likely N-dealkylation sites (N-methyl/N-ethyl adjacent to an activating group) is 1. The quantitative estimate of drug-likeness (QED) is 0.792. The second kappa shape index (κ2) is 7.24. The number of ether oxygens (including phenoxy) is 1. The number of benzene rings is 1. The van der Waals surface area contributed by atoms with Crippen molar-refractivity contribution in [3.05, 3.63) is 66.0 Å². The van der Waals surface area contributed by atoms with Crippen LogP contribution in [0.4, 0.5) is 0 Å². The van der Waals surface area contributed by atoms with Crippen molar-refractivity contribution in [3.63, 3.8) is 0 Å². The number of carbonyl (C=O) groups is 1. The zero-order valence-corrected chi connectivity index (χ0v) is 12.2. The lowest BCUT2D eigenvalue weighted by Gasteiger charge is -2.14. The van der Waals surface area contributed by atoms with E-state index < -0.39 is 0 Å². The zero-order chi connectivity index (χ0) is 15.1. The molecule has 108 valence electrons. The van der Waals surface area contributed by atoms with Crippen LogP contribution < -0.4 is 4.74 Å². The van der Waals surface area contributed by atoms with Gasteiger partial charge in [0.1, 0.15) is 5.75 Å². The molecule has 1 aromatic heterocycles. The number of hydrogen-bond donors (Lipinski definition) is 0. The Labute approximate surface area is 124 Å². The molecule has 4 heteroatoms. The summed E-state index contributed by atoms with van der Waals surface area (Å²) in [6, 6.07) is 11.4. The van der Waals surface area contributed by atoms with E-state index in [1.807, 2.05) is 36.4 Å². The lowest BCUT2D eigenvalue weighted by atomic mass is 10.2. The van der Waals surface area contributed by atoms with Crippen LogP contribution in [-0.2, 0) is 11.3 Å². The maximum atomic E-state index is 12.1. The fourth-order valence-electron chi connectivity index (χ4n) is 1.88. The van der Waals surface area contributed by atoms with E-state index in [-0.39, 0.29) is 5.91 Å². The summed E-state index contributed by atoms with van der Waals surface area (Å²) in [7, 11) is 3.40. The van der Waals surface area contributed by atoms with Crippen LogP contribution >= 0.6 is 0 Å². The van der Waals surface area contributed by atoms with Crippen molar-refractivity contribution in [1.29, 1.82) is 0 Å². The molecule has 0 radical (unpaired) electrons. The van der Waals surface area contributed by atoms with Crippen molar-refractivity contribution < 1.29 is 9.53 Å². The largest absolute Gasteiger partial charge is 0.497 e. The molecule has 0 spiro atoms. The van der Waals surface area contributed by atoms with Crippen molar-refractivity contribution >= 4 is 12.0 Å². The number of carbonyl (C=O) groups excluding carboxylic acids is 1. The molecule has 1 heterocycles. The summed E-state index contributed by atoms with van der Waals surface area (Å²) in [5.74, 6) is 0.726. The minimum Gasteiger partial charge on any atom is -0.497 e. The lowest BCUT2D eigenvalue weighted by molar-refractivity contribution is -0.125. The molecular formula is C17H18N2O2. The van der Waals surface area contributed by atoms with Gasteiger partial charge in [0.2, 0.25) is 5.91 Å². The molecule has 0 bridgehead atoms. The maximum absolute atomic E-state index is 12.1. The molecule has 1 aromatic carbocycles. The first-order chi connectivity index (χ1) is 10.2. The Hall–Kier alpha value is -2.62. The van der Waals surface area contributed by atoms with E-state index in [1.54, 1.807) is 43.6 Å². The highest BCUT2D eigenvalue weighted by atomic mass is 16.5. The average molecular weight is 282 g/mol. The standard InChI is InChI=1S/C17H18N2O2/c1-19(13-15-8-10-18-11-9-15)17(20)7-6-14-4-3-5-16(12-14)21-2/h3-12H,13H2,1-2H3/b7-6+. The van der Waals surface area contributed by atoms with Gasteiger partial charge in [0.25, 0.3) is 0 Å². The maximum Gasteiger partial charge on any atom is 0.246 e. The average Bonchev–Trinajstić information content (AvgIpc) is 2.53. The summed E-state index contributed by atoms with van der Waals surface area (Å²) in [4.78, 5) is 17.7. The number of aromatic nitrogens is 1. The Bertz CT molecular complexity index is 624. The molecule has 0 saturated carbocycles. The van der Waals surface area contributed by atoms with Crippen molar-refractivity contribution in [3.8, 4) is 5.75 Å². The van der Waals surface area contributed by atoms with Crippen molar-refractivity contribution in [2.24, 2.45) is 0 Å². The number of hydrogen-bond acceptors (Lipinski definition) is 3. The molecule has 0 saturated heterocycles. The van der Waals surface area contributed by atoms with Gasteiger partial charge in [-0.25, -0.2) is 0 Å². The van der Waals surface area contributed by atoms with Crippen LogP contribution in [0.15, 0.2) is 54.9 Å². The highest BCUT2D eigenvalue weighted by Crippen LogP contribution is 2.13. The van der Waals surface area contributed by atoms with Gasteiger partial charge in [0, 0.05) is 32.1 Å². The third-order valence-corrected chi connectivity index (χ3v) is 3.06. The first-order valence-corrected chi connectivity index (χ1v) is 6.65. The number of amides is 1. The molecule has 0 aliphatic heterocycles. The monoisotopic (exact) mass is 282 g/mol. The van der Waals surface area contributed by atoms with E-state index in [0.717, 1.165) is 16.9 Å². The zero-order valence-electron chi connectivity index (χ0n) is 12.2. The number of methoxy groups -OCH3 is 1. The Morgan fingerprint density at radius 3 is 2.76 bits per heavy atom. The van der Waals surface area contributed by atoms with Crippen LogP contribution in [0.2, 0.25) is 0 Å². The van der Waals surface area contributed by atoms with Crippen molar-refractivity contribution in [2.75, 3.05) is 14.2 Å². The lowest BCUT2D eigenvalue weighted by Crippen LogP contribution is -2.24. The predicted octanol–water partition coefficient (Wildman–Crippen LogP) is 2.76.